The molecule has 0 fully saturated rings. The average Bonchev–Trinajstić information content (AvgIpc) is 2.77. The van der Waals surface area contributed by atoms with Crippen LogP contribution in [0.3, 0.4) is 0 Å². The number of rotatable bonds is 6. The molecule has 3 aromatic rings. The molecule has 3 rings (SSSR count). The van der Waals surface area contributed by atoms with Gasteiger partial charge in [0.2, 0.25) is 0 Å². The SMILES string of the molecule is COC(=O)c1cccc(NC(=O)c2cc(C(=O)NCc3cccnc3)ccn2)c1. The monoisotopic (exact) mass is 390 g/mol. The van der Waals surface area contributed by atoms with E-state index in [9.17, 15) is 14.4 Å². The molecule has 1 aromatic carbocycles. The van der Waals surface area contributed by atoms with Crippen molar-refractivity contribution >= 4 is 23.5 Å². The Hall–Kier alpha value is -4.07. The van der Waals surface area contributed by atoms with E-state index in [0.29, 0.717) is 23.4 Å². The summed E-state index contributed by atoms with van der Waals surface area (Å²) in [5.74, 6) is -1.35. The third kappa shape index (κ3) is 5.23. The van der Waals surface area contributed by atoms with Crippen LogP contribution in [0.5, 0.6) is 0 Å². The molecule has 8 heteroatoms. The summed E-state index contributed by atoms with van der Waals surface area (Å²) < 4.78 is 4.67. The quantitative estimate of drug-likeness (QED) is 0.626. The lowest BCUT2D eigenvalue weighted by molar-refractivity contribution is 0.0600. The van der Waals surface area contributed by atoms with Crippen LogP contribution in [0, 0.1) is 0 Å². The van der Waals surface area contributed by atoms with Crippen LogP contribution in [0.4, 0.5) is 5.69 Å². The molecule has 8 nitrogen and oxygen atoms in total. The zero-order valence-corrected chi connectivity index (χ0v) is 15.6. The van der Waals surface area contributed by atoms with E-state index in [1.807, 2.05) is 6.07 Å². The summed E-state index contributed by atoms with van der Waals surface area (Å²) >= 11 is 0. The van der Waals surface area contributed by atoms with Gasteiger partial charge in [0.15, 0.2) is 0 Å². The first kappa shape index (κ1) is 19.7. The number of benzene rings is 1. The summed E-state index contributed by atoms with van der Waals surface area (Å²) in [5, 5.41) is 5.42. The van der Waals surface area contributed by atoms with Gasteiger partial charge in [-0.2, -0.15) is 0 Å². The zero-order valence-electron chi connectivity index (χ0n) is 15.6. The first-order valence-corrected chi connectivity index (χ1v) is 8.69. The second-order valence-electron chi connectivity index (χ2n) is 6.00. The lowest BCUT2D eigenvalue weighted by Crippen LogP contribution is -2.23. The first-order chi connectivity index (χ1) is 14.1. The number of methoxy groups -OCH3 is 1. The van der Waals surface area contributed by atoms with Gasteiger partial charge in [-0.25, -0.2) is 4.79 Å². The Bertz CT molecular complexity index is 1040. The fourth-order valence-electron chi connectivity index (χ4n) is 2.52. The Balaban J connectivity index is 1.67. The third-order valence-electron chi connectivity index (χ3n) is 3.97. The summed E-state index contributed by atoms with van der Waals surface area (Å²) in [5.41, 5.74) is 1.95. The molecule has 0 atom stereocenters. The van der Waals surface area contributed by atoms with E-state index >= 15 is 0 Å². The van der Waals surface area contributed by atoms with Crippen LogP contribution < -0.4 is 10.6 Å². The number of nitrogens with zero attached hydrogens (tertiary/aromatic N) is 2. The van der Waals surface area contributed by atoms with Crippen LogP contribution in [-0.4, -0.2) is 34.9 Å². The Kier molecular flexibility index (Phi) is 6.26. The van der Waals surface area contributed by atoms with Gasteiger partial charge in [0, 0.05) is 36.4 Å². The largest absolute Gasteiger partial charge is 0.465 e. The number of anilines is 1. The van der Waals surface area contributed by atoms with Crippen molar-refractivity contribution in [3.8, 4) is 0 Å². The van der Waals surface area contributed by atoms with E-state index in [2.05, 4.69) is 25.3 Å². The Morgan fingerprint density at radius 2 is 1.83 bits per heavy atom. The molecule has 146 valence electrons. The Morgan fingerprint density at radius 3 is 2.59 bits per heavy atom. The average molecular weight is 390 g/mol. The molecule has 2 aromatic heterocycles. The van der Waals surface area contributed by atoms with Gasteiger partial charge in [-0.3, -0.25) is 19.6 Å². The van der Waals surface area contributed by atoms with Gasteiger partial charge in [0.25, 0.3) is 11.8 Å². The molecule has 0 unspecified atom stereocenters. The molecule has 2 heterocycles. The predicted octanol–water partition coefficient (Wildman–Crippen LogP) is 2.45. The van der Waals surface area contributed by atoms with Gasteiger partial charge < -0.3 is 15.4 Å². The van der Waals surface area contributed by atoms with Gasteiger partial charge in [-0.1, -0.05) is 12.1 Å². The molecule has 29 heavy (non-hydrogen) atoms. The second-order valence-corrected chi connectivity index (χ2v) is 6.00. The molecular formula is C21H18N4O4. The molecule has 0 radical (unpaired) electrons. The lowest BCUT2D eigenvalue weighted by Gasteiger charge is -2.08. The maximum atomic E-state index is 12.5. The van der Waals surface area contributed by atoms with E-state index < -0.39 is 11.9 Å². The summed E-state index contributed by atoms with van der Waals surface area (Å²) in [6.45, 7) is 0.316. The number of esters is 1. The van der Waals surface area contributed by atoms with Gasteiger partial charge in [-0.05, 0) is 42.0 Å². The summed E-state index contributed by atoms with van der Waals surface area (Å²) in [4.78, 5) is 44.5. The van der Waals surface area contributed by atoms with Crippen molar-refractivity contribution in [1.29, 1.82) is 0 Å². The third-order valence-corrected chi connectivity index (χ3v) is 3.97. The van der Waals surface area contributed by atoms with E-state index in [-0.39, 0.29) is 11.6 Å². The highest BCUT2D eigenvalue weighted by Crippen LogP contribution is 2.13. The lowest BCUT2D eigenvalue weighted by atomic mass is 10.2. The van der Waals surface area contributed by atoms with E-state index in [4.69, 9.17) is 0 Å². The number of carbonyl (C=O) groups is 3. The Labute approximate surface area is 167 Å². The van der Waals surface area contributed by atoms with E-state index in [0.717, 1.165) is 5.56 Å². The molecule has 0 aliphatic rings. The van der Waals surface area contributed by atoms with Crippen LogP contribution in [0.2, 0.25) is 0 Å². The molecule has 0 spiro atoms. The van der Waals surface area contributed by atoms with Crippen molar-refractivity contribution in [1.82, 2.24) is 15.3 Å². The zero-order chi connectivity index (χ0) is 20.6. The number of amides is 2. The van der Waals surface area contributed by atoms with Crippen LogP contribution in [0.1, 0.15) is 36.8 Å². The molecule has 2 amide bonds. The molecule has 0 aliphatic heterocycles. The van der Waals surface area contributed by atoms with Gasteiger partial charge in [-0.15, -0.1) is 0 Å². The van der Waals surface area contributed by atoms with Crippen molar-refractivity contribution < 1.29 is 19.1 Å². The summed E-state index contributed by atoms with van der Waals surface area (Å²) in [7, 11) is 1.28. The first-order valence-electron chi connectivity index (χ1n) is 8.69. The molecular weight excluding hydrogens is 372 g/mol. The van der Waals surface area contributed by atoms with Crippen molar-refractivity contribution in [2.45, 2.75) is 6.54 Å². The van der Waals surface area contributed by atoms with Crippen LogP contribution in [-0.2, 0) is 11.3 Å². The minimum absolute atomic E-state index is 0.0718. The standard InChI is InChI=1S/C21H18N4O4/c1-29-21(28)16-5-2-6-17(10-16)25-20(27)18-11-15(7-9-23-18)19(26)24-13-14-4-3-8-22-12-14/h2-12H,13H2,1H3,(H,24,26)(H,25,27). The van der Waals surface area contributed by atoms with Gasteiger partial charge >= 0.3 is 5.97 Å². The minimum atomic E-state index is -0.508. The fourth-order valence-corrected chi connectivity index (χ4v) is 2.52. The highest BCUT2D eigenvalue weighted by molar-refractivity contribution is 6.05. The van der Waals surface area contributed by atoms with Gasteiger partial charge in [0.05, 0.1) is 12.7 Å². The smallest absolute Gasteiger partial charge is 0.337 e. The molecule has 2 N–H and O–H groups in total. The maximum absolute atomic E-state index is 12.5. The number of nitrogens with one attached hydrogen (secondary N) is 2. The van der Waals surface area contributed by atoms with Crippen LogP contribution >= 0.6 is 0 Å². The summed E-state index contributed by atoms with van der Waals surface area (Å²) in [6.07, 6.45) is 4.70. The van der Waals surface area contributed by atoms with Crippen molar-refractivity contribution in [2.75, 3.05) is 12.4 Å². The number of ether oxygens (including phenoxy) is 1. The number of hydrogen-bond acceptors (Lipinski definition) is 6. The van der Waals surface area contributed by atoms with Crippen molar-refractivity contribution in [3.63, 3.8) is 0 Å². The molecule has 0 aliphatic carbocycles. The number of carbonyl (C=O) groups excluding carboxylic acids is 3. The summed E-state index contributed by atoms with van der Waals surface area (Å²) in [6, 6.07) is 12.9. The highest BCUT2D eigenvalue weighted by Gasteiger charge is 2.13. The van der Waals surface area contributed by atoms with Crippen LogP contribution in [0.25, 0.3) is 0 Å². The molecule has 0 saturated heterocycles. The normalized spacial score (nSPS) is 10.1. The maximum Gasteiger partial charge on any atom is 0.337 e. The highest BCUT2D eigenvalue weighted by atomic mass is 16.5. The van der Waals surface area contributed by atoms with Gasteiger partial charge in [0.1, 0.15) is 5.69 Å². The molecule has 0 saturated carbocycles. The minimum Gasteiger partial charge on any atom is -0.465 e. The molecule has 0 bridgehead atoms. The number of hydrogen-bond donors (Lipinski definition) is 2. The fraction of sp³-hybridized carbons (Fsp3) is 0.0952. The van der Waals surface area contributed by atoms with Crippen LogP contribution in [0.15, 0.2) is 67.1 Å². The number of pyridine rings is 2. The Morgan fingerprint density at radius 1 is 0.966 bits per heavy atom. The second kappa shape index (κ2) is 9.23. The van der Waals surface area contributed by atoms with Crippen molar-refractivity contribution in [3.05, 3.63) is 89.5 Å². The van der Waals surface area contributed by atoms with Crippen molar-refractivity contribution in [2.24, 2.45) is 0 Å². The van der Waals surface area contributed by atoms with E-state index in [1.54, 1.807) is 36.7 Å². The van der Waals surface area contributed by atoms with E-state index in [1.165, 1.54) is 31.5 Å². The number of aromatic nitrogens is 2. The topological polar surface area (TPSA) is 110 Å². The predicted molar refractivity (Wildman–Crippen MR) is 105 cm³/mol.